The van der Waals surface area contributed by atoms with E-state index in [1.807, 2.05) is 18.3 Å². The quantitative estimate of drug-likeness (QED) is 0.374. The predicted octanol–water partition coefficient (Wildman–Crippen LogP) is 4.80. The maximum atomic E-state index is 12.9. The number of benzene rings is 2. The number of thioether (sulfide) groups is 1. The Morgan fingerprint density at radius 1 is 1.25 bits per heavy atom. The second kappa shape index (κ2) is 8.20. The average Bonchev–Trinajstić information content (AvgIpc) is 3.26. The first-order valence-corrected chi connectivity index (χ1v) is 10.3. The molecular formula is C22H27N3O2S. The van der Waals surface area contributed by atoms with Gasteiger partial charge in [0.1, 0.15) is 0 Å². The molecule has 0 aliphatic carbocycles. The number of Topliss-reactive ketones (excluding diaryl/α,β-unsaturated/α-hetero) is 1. The predicted molar refractivity (Wildman–Crippen MR) is 119 cm³/mol. The van der Waals surface area contributed by atoms with Crippen molar-refractivity contribution in [1.29, 1.82) is 0 Å². The number of nitrogens with one attached hydrogen (secondary N) is 1. The first-order valence-electron chi connectivity index (χ1n) is 9.34. The van der Waals surface area contributed by atoms with Crippen molar-refractivity contribution in [2.75, 3.05) is 5.75 Å². The fourth-order valence-corrected chi connectivity index (χ4v) is 4.55. The van der Waals surface area contributed by atoms with Crippen LogP contribution in [-0.4, -0.2) is 31.5 Å². The molecule has 5 nitrogen and oxygen atoms in total. The van der Waals surface area contributed by atoms with E-state index >= 15 is 0 Å². The van der Waals surface area contributed by atoms with Gasteiger partial charge in [0.2, 0.25) is 0 Å². The maximum absolute atomic E-state index is 12.9. The standard InChI is InChI=1S/C22H23N3OS.H2O.H2/c1-4-15-7-6-8-16-17(12-23-21(15)16)20(26)13-27-22-24-18-11-14(3)9-10-19(18)25(22)5-2;;/h6-12,23H,4-5,13H2,1-3H3;1H2;1H. The van der Waals surface area contributed by atoms with Crippen molar-refractivity contribution in [3.63, 3.8) is 0 Å². The van der Waals surface area contributed by atoms with Gasteiger partial charge in [-0.25, -0.2) is 4.98 Å². The van der Waals surface area contributed by atoms with E-state index in [0.717, 1.165) is 45.6 Å². The molecule has 2 heterocycles. The van der Waals surface area contributed by atoms with E-state index in [4.69, 9.17) is 4.98 Å². The highest BCUT2D eigenvalue weighted by molar-refractivity contribution is 7.99. The van der Waals surface area contributed by atoms with Crippen LogP contribution in [0.2, 0.25) is 0 Å². The minimum Gasteiger partial charge on any atom is -0.412 e. The number of nitrogens with zero attached hydrogens (tertiary/aromatic N) is 2. The summed E-state index contributed by atoms with van der Waals surface area (Å²) < 4.78 is 2.18. The van der Waals surface area contributed by atoms with Gasteiger partial charge >= 0.3 is 0 Å². The van der Waals surface area contributed by atoms with Gasteiger partial charge in [0, 0.05) is 30.6 Å². The second-order valence-electron chi connectivity index (χ2n) is 6.74. The van der Waals surface area contributed by atoms with E-state index in [0.29, 0.717) is 5.75 Å². The van der Waals surface area contributed by atoms with Crippen LogP contribution in [0.15, 0.2) is 47.8 Å². The van der Waals surface area contributed by atoms with E-state index < -0.39 is 0 Å². The number of imidazole rings is 1. The molecule has 0 amide bonds. The highest BCUT2D eigenvalue weighted by atomic mass is 32.2. The molecule has 0 spiro atoms. The Bertz CT molecular complexity index is 1150. The zero-order valence-electron chi connectivity index (χ0n) is 16.4. The van der Waals surface area contributed by atoms with Crippen LogP contribution in [0.3, 0.4) is 0 Å². The molecule has 0 fully saturated rings. The Kier molecular flexibility index (Phi) is 5.91. The first-order chi connectivity index (χ1) is 13.1. The van der Waals surface area contributed by atoms with Gasteiger partial charge in [-0.15, -0.1) is 0 Å². The smallest absolute Gasteiger partial charge is 0.175 e. The van der Waals surface area contributed by atoms with Crippen LogP contribution in [0.1, 0.15) is 36.8 Å². The van der Waals surface area contributed by atoms with Crippen molar-refractivity contribution in [2.45, 2.75) is 38.9 Å². The molecule has 0 saturated carbocycles. The van der Waals surface area contributed by atoms with Crippen LogP contribution < -0.4 is 0 Å². The highest BCUT2D eigenvalue weighted by Gasteiger charge is 2.16. The van der Waals surface area contributed by atoms with Gasteiger partial charge < -0.3 is 15.0 Å². The summed E-state index contributed by atoms with van der Waals surface area (Å²) in [6.45, 7) is 7.15. The first kappa shape index (κ1) is 20.2. The Labute approximate surface area is 170 Å². The molecule has 3 N–H and O–H groups in total. The molecule has 28 heavy (non-hydrogen) atoms. The molecular weight excluding hydrogens is 370 g/mol. The van der Waals surface area contributed by atoms with Crippen molar-refractivity contribution in [2.24, 2.45) is 0 Å². The van der Waals surface area contributed by atoms with Gasteiger partial charge in [0.25, 0.3) is 0 Å². The molecule has 2 aromatic carbocycles. The summed E-state index contributed by atoms with van der Waals surface area (Å²) in [7, 11) is 0. The summed E-state index contributed by atoms with van der Waals surface area (Å²) >= 11 is 1.52. The Balaban J connectivity index is 0.00000150. The Morgan fingerprint density at radius 3 is 2.82 bits per heavy atom. The van der Waals surface area contributed by atoms with Crippen LogP contribution in [-0.2, 0) is 13.0 Å². The summed E-state index contributed by atoms with van der Waals surface area (Å²) in [6.07, 6.45) is 2.79. The lowest BCUT2D eigenvalue weighted by Gasteiger charge is -2.05. The zero-order chi connectivity index (χ0) is 19.0. The third-order valence-corrected chi connectivity index (χ3v) is 5.98. The van der Waals surface area contributed by atoms with Crippen LogP contribution in [0.5, 0.6) is 0 Å². The van der Waals surface area contributed by atoms with Gasteiger partial charge in [-0.2, -0.15) is 0 Å². The third kappa shape index (κ3) is 3.45. The number of rotatable bonds is 6. The third-order valence-electron chi connectivity index (χ3n) is 5.00. The number of hydrogen-bond donors (Lipinski definition) is 1. The van der Waals surface area contributed by atoms with Crippen LogP contribution in [0.25, 0.3) is 21.9 Å². The van der Waals surface area contributed by atoms with Gasteiger partial charge in [-0.1, -0.05) is 43.0 Å². The number of fused-ring (bicyclic) bond motifs is 2. The number of para-hydroxylation sites is 1. The van der Waals surface area contributed by atoms with E-state index in [2.05, 4.69) is 54.6 Å². The monoisotopic (exact) mass is 397 g/mol. The van der Waals surface area contributed by atoms with Crippen molar-refractivity contribution >= 4 is 39.5 Å². The molecule has 0 unspecified atom stereocenters. The maximum Gasteiger partial charge on any atom is 0.175 e. The molecule has 0 atom stereocenters. The Hall–Kier alpha value is -2.57. The van der Waals surface area contributed by atoms with E-state index in [1.54, 1.807) is 0 Å². The van der Waals surface area contributed by atoms with Crippen molar-refractivity contribution in [1.82, 2.24) is 14.5 Å². The SMILES string of the molecule is CCc1cccc2c(C(=O)CSc3nc4cc(C)ccc4n3CC)c[nH]c12.O.[HH]. The summed E-state index contributed by atoms with van der Waals surface area (Å²) in [4.78, 5) is 20.9. The molecule has 4 rings (SSSR count). The number of carbonyl (C=O) groups is 1. The lowest BCUT2D eigenvalue weighted by Crippen LogP contribution is -2.04. The molecule has 2 aromatic heterocycles. The normalized spacial score (nSPS) is 11.1. The summed E-state index contributed by atoms with van der Waals surface area (Å²) in [6, 6.07) is 12.5. The topological polar surface area (TPSA) is 82.2 Å². The van der Waals surface area contributed by atoms with Gasteiger partial charge in [0.05, 0.1) is 16.8 Å². The minimum absolute atomic E-state index is 0. The fraction of sp³-hybridized carbons (Fsp3) is 0.273. The largest absolute Gasteiger partial charge is 0.412 e. The molecule has 0 radical (unpaired) electrons. The molecule has 0 aliphatic heterocycles. The van der Waals surface area contributed by atoms with Crippen molar-refractivity contribution in [3.05, 3.63) is 59.3 Å². The Morgan fingerprint density at radius 2 is 2.07 bits per heavy atom. The number of aryl methyl sites for hydroxylation is 3. The number of aromatic nitrogens is 3. The van der Waals surface area contributed by atoms with Crippen LogP contribution >= 0.6 is 11.8 Å². The van der Waals surface area contributed by atoms with Gasteiger partial charge in [-0.05, 0) is 43.5 Å². The summed E-state index contributed by atoms with van der Waals surface area (Å²) in [5.41, 5.74) is 6.39. The van der Waals surface area contributed by atoms with E-state index in [-0.39, 0.29) is 12.7 Å². The summed E-state index contributed by atoms with van der Waals surface area (Å²) in [5.74, 6) is 0.511. The average molecular weight is 398 g/mol. The number of carbonyl (C=O) groups excluding carboxylic acids is 1. The number of H-pyrrole nitrogens is 1. The van der Waals surface area contributed by atoms with Crippen molar-refractivity contribution < 1.29 is 11.7 Å². The molecule has 148 valence electrons. The van der Waals surface area contributed by atoms with Crippen LogP contribution in [0.4, 0.5) is 0 Å². The number of aromatic amines is 1. The molecule has 0 bridgehead atoms. The van der Waals surface area contributed by atoms with Gasteiger partial charge in [0.15, 0.2) is 10.9 Å². The van der Waals surface area contributed by atoms with E-state index in [1.165, 1.54) is 22.9 Å². The molecule has 6 heteroatoms. The number of ketones is 1. The minimum atomic E-state index is 0. The molecule has 4 aromatic rings. The second-order valence-corrected chi connectivity index (χ2v) is 7.68. The van der Waals surface area contributed by atoms with Crippen LogP contribution in [0, 0.1) is 6.92 Å². The van der Waals surface area contributed by atoms with E-state index in [9.17, 15) is 4.79 Å². The molecule has 0 saturated heterocycles. The fourth-order valence-electron chi connectivity index (χ4n) is 3.58. The lowest BCUT2D eigenvalue weighted by molar-refractivity contribution is 0.102. The van der Waals surface area contributed by atoms with Crippen molar-refractivity contribution in [3.8, 4) is 0 Å². The summed E-state index contributed by atoms with van der Waals surface area (Å²) in [5, 5.41) is 1.92. The van der Waals surface area contributed by atoms with Gasteiger partial charge in [-0.3, -0.25) is 4.79 Å². The molecule has 0 aliphatic rings. The number of hydrogen-bond acceptors (Lipinski definition) is 3. The highest BCUT2D eigenvalue weighted by Crippen LogP contribution is 2.27. The lowest BCUT2D eigenvalue weighted by atomic mass is 10.1. The zero-order valence-corrected chi connectivity index (χ0v) is 17.2.